The Kier molecular flexibility index (Phi) is 6.20. The third-order valence-corrected chi connectivity index (χ3v) is 4.97. The number of rotatable bonds is 6. The van der Waals surface area contributed by atoms with Crippen LogP contribution in [0.5, 0.6) is 5.75 Å². The Morgan fingerprint density at radius 2 is 1.97 bits per heavy atom. The standard InChI is InChI=1S/C19H24BrN5O5/c1-19(2,3)30-18(26)23-10-13(11-23)21-17-15(25(27)28)16(20)22-24(17)9-12-5-7-14(29-4)8-6-12/h5-8,13,21H,9-11H2,1-4H3. The van der Waals surface area contributed by atoms with E-state index in [2.05, 4.69) is 26.3 Å². The first-order chi connectivity index (χ1) is 14.1. The van der Waals surface area contributed by atoms with Crippen LogP contribution in [0, 0.1) is 10.1 Å². The summed E-state index contributed by atoms with van der Waals surface area (Å²) in [6.45, 7) is 6.52. The number of benzene rings is 1. The van der Waals surface area contributed by atoms with Crippen LogP contribution in [-0.2, 0) is 11.3 Å². The summed E-state index contributed by atoms with van der Waals surface area (Å²) in [6.07, 6.45) is -0.400. The third kappa shape index (κ3) is 5.02. The Labute approximate surface area is 182 Å². The molecule has 1 aliphatic heterocycles. The first-order valence-electron chi connectivity index (χ1n) is 9.35. The van der Waals surface area contributed by atoms with E-state index in [1.807, 2.05) is 24.3 Å². The molecular formula is C19H24BrN5O5. The lowest BCUT2D eigenvalue weighted by Crippen LogP contribution is -2.58. The predicted molar refractivity (Wildman–Crippen MR) is 114 cm³/mol. The van der Waals surface area contributed by atoms with Crippen LogP contribution >= 0.6 is 15.9 Å². The number of halogens is 1. The number of carbonyl (C=O) groups excluding carboxylic acids is 1. The van der Waals surface area contributed by atoms with Gasteiger partial charge in [-0.05, 0) is 54.4 Å². The van der Waals surface area contributed by atoms with Crippen molar-refractivity contribution < 1.29 is 19.2 Å². The number of nitro groups is 1. The van der Waals surface area contributed by atoms with E-state index in [1.165, 1.54) is 0 Å². The Morgan fingerprint density at radius 3 is 2.50 bits per heavy atom. The predicted octanol–water partition coefficient (Wildman–Crippen LogP) is 3.64. The Morgan fingerprint density at radius 1 is 1.33 bits per heavy atom. The lowest BCUT2D eigenvalue weighted by Gasteiger charge is -2.40. The molecule has 1 aromatic carbocycles. The average Bonchev–Trinajstić information content (AvgIpc) is 2.91. The molecular weight excluding hydrogens is 458 g/mol. The van der Waals surface area contributed by atoms with Crippen LogP contribution < -0.4 is 10.1 Å². The number of ether oxygens (including phenoxy) is 2. The highest BCUT2D eigenvalue weighted by molar-refractivity contribution is 9.10. The molecule has 0 spiro atoms. The van der Waals surface area contributed by atoms with E-state index >= 15 is 0 Å². The van der Waals surface area contributed by atoms with Gasteiger partial charge in [-0.1, -0.05) is 12.1 Å². The topological polar surface area (TPSA) is 112 Å². The SMILES string of the molecule is COc1ccc(Cn2nc(Br)c([N+](=O)[O-])c2NC2CN(C(=O)OC(C)(C)C)C2)cc1. The number of anilines is 1. The van der Waals surface area contributed by atoms with Gasteiger partial charge >= 0.3 is 11.8 Å². The molecule has 1 N–H and O–H groups in total. The lowest BCUT2D eigenvalue weighted by atomic mass is 10.1. The Balaban J connectivity index is 1.73. The number of nitrogens with one attached hydrogen (secondary N) is 1. The molecule has 0 saturated carbocycles. The van der Waals surface area contributed by atoms with Crippen LogP contribution in [0.3, 0.4) is 0 Å². The highest BCUT2D eigenvalue weighted by atomic mass is 79.9. The van der Waals surface area contributed by atoms with Crippen molar-refractivity contribution in [1.82, 2.24) is 14.7 Å². The summed E-state index contributed by atoms with van der Waals surface area (Å²) >= 11 is 3.18. The van der Waals surface area contributed by atoms with E-state index in [0.717, 1.165) is 11.3 Å². The normalized spacial score (nSPS) is 14.2. The van der Waals surface area contributed by atoms with Crippen molar-refractivity contribution >= 4 is 33.5 Å². The summed E-state index contributed by atoms with van der Waals surface area (Å²) in [5.41, 5.74) is 0.197. The first kappa shape index (κ1) is 21.9. The first-order valence-corrected chi connectivity index (χ1v) is 10.1. The van der Waals surface area contributed by atoms with Gasteiger partial charge in [-0.15, -0.1) is 0 Å². The molecule has 0 unspecified atom stereocenters. The zero-order valence-electron chi connectivity index (χ0n) is 17.2. The van der Waals surface area contributed by atoms with Crippen LogP contribution in [0.4, 0.5) is 16.3 Å². The number of amides is 1. The number of nitrogens with zero attached hydrogens (tertiary/aromatic N) is 4. The second-order valence-electron chi connectivity index (χ2n) is 7.98. The summed E-state index contributed by atoms with van der Waals surface area (Å²) in [4.78, 5) is 24.8. The maximum atomic E-state index is 12.1. The van der Waals surface area contributed by atoms with Gasteiger partial charge in [0.05, 0.1) is 24.6 Å². The summed E-state index contributed by atoms with van der Waals surface area (Å²) in [5.74, 6) is 1.01. The fourth-order valence-corrected chi connectivity index (χ4v) is 3.51. The van der Waals surface area contributed by atoms with Gasteiger partial charge in [0.1, 0.15) is 11.4 Å². The molecule has 0 atom stereocenters. The molecule has 1 saturated heterocycles. The van der Waals surface area contributed by atoms with E-state index in [9.17, 15) is 14.9 Å². The van der Waals surface area contributed by atoms with Crippen molar-refractivity contribution in [2.24, 2.45) is 0 Å². The van der Waals surface area contributed by atoms with Crippen LogP contribution in [-0.4, -0.2) is 57.5 Å². The number of methoxy groups -OCH3 is 1. The van der Waals surface area contributed by atoms with Crippen molar-refractivity contribution in [1.29, 1.82) is 0 Å². The van der Waals surface area contributed by atoms with Gasteiger partial charge in [-0.2, -0.15) is 5.10 Å². The number of likely N-dealkylation sites (tertiary alicyclic amines) is 1. The Hall–Kier alpha value is -2.82. The number of carbonyl (C=O) groups is 1. The monoisotopic (exact) mass is 481 g/mol. The van der Waals surface area contributed by atoms with Gasteiger partial charge in [0.25, 0.3) is 0 Å². The van der Waals surface area contributed by atoms with Gasteiger partial charge in [0.2, 0.25) is 10.4 Å². The van der Waals surface area contributed by atoms with Gasteiger partial charge in [-0.25, -0.2) is 9.48 Å². The fourth-order valence-electron chi connectivity index (χ4n) is 2.99. The van der Waals surface area contributed by atoms with Crippen LogP contribution in [0.2, 0.25) is 0 Å². The molecule has 1 amide bonds. The van der Waals surface area contributed by atoms with E-state index < -0.39 is 16.6 Å². The van der Waals surface area contributed by atoms with Gasteiger partial charge in [0.15, 0.2) is 0 Å². The molecule has 10 nitrogen and oxygen atoms in total. The molecule has 3 rings (SSSR count). The van der Waals surface area contributed by atoms with E-state index in [0.29, 0.717) is 19.6 Å². The second kappa shape index (κ2) is 8.50. The maximum absolute atomic E-state index is 12.1. The summed E-state index contributed by atoms with van der Waals surface area (Å²) in [5, 5.41) is 19.0. The van der Waals surface area contributed by atoms with Gasteiger partial charge < -0.3 is 19.7 Å². The number of hydrogen-bond donors (Lipinski definition) is 1. The maximum Gasteiger partial charge on any atom is 0.410 e. The van der Waals surface area contributed by atoms with Crippen LogP contribution in [0.1, 0.15) is 26.3 Å². The highest BCUT2D eigenvalue weighted by Crippen LogP contribution is 2.34. The largest absolute Gasteiger partial charge is 0.497 e. The highest BCUT2D eigenvalue weighted by Gasteiger charge is 2.36. The van der Waals surface area contributed by atoms with Crippen LogP contribution in [0.25, 0.3) is 0 Å². The molecule has 0 bridgehead atoms. The van der Waals surface area contributed by atoms with E-state index in [-0.39, 0.29) is 22.2 Å². The van der Waals surface area contributed by atoms with Crippen molar-refractivity contribution in [3.63, 3.8) is 0 Å². The molecule has 162 valence electrons. The smallest absolute Gasteiger partial charge is 0.410 e. The van der Waals surface area contributed by atoms with Gasteiger partial charge in [0, 0.05) is 13.1 Å². The quantitative estimate of drug-likeness (QED) is 0.494. The zero-order chi connectivity index (χ0) is 22.1. The minimum atomic E-state index is -0.573. The molecule has 2 heterocycles. The zero-order valence-corrected chi connectivity index (χ0v) is 18.8. The van der Waals surface area contributed by atoms with Gasteiger partial charge in [-0.3, -0.25) is 10.1 Å². The van der Waals surface area contributed by atoms with Crippen molar-refractivity contribution in [3.05, 3.63) is 44.5 Å². The van der Waals surface area contributed by atoms with E-state index in [4.69, 9.17) is 9.47 Å². The molecule has 30 heavy (non-hydrogen) atoms. The third-order valence-electron chi connectivity index (χ3n) is 4.43. The summed E-state index contributed by atoms with van der Waals surface area (Å²) in [7, 11) is 1.59. The lowest BCUT2D eigenvalue weighted by molar-refractivity contribution is -0.384. The summed E-state index contributed by atoms with van der Waals surface area (Å²) < 4.78 is 12.2. The molecule has 1 aromatic heterocycles. The molecule has 1 fully saturated rings. The van der Waals surface area contributed by atoms with Crippen molar-refractivity contribution in [2.75, 3.05) is 25.5 Å². The minimum Gasteiger partial charge on any atom is -0.497 e. The van der Waals surface area contributed by atoms with Crippen molar-refractivity contribution in [2.45, 2.75) is 39.0 Å². The Bertz CT molecular complexity index is 932. The molecule has 11 heteroatoms. The minimum absolute atomic E-state index is 0.140. The van der Waals surface area contributed by atoms with Crippen LogP contribution in [0.15, 0.2) is 28.9 Å². The fraction of sp³-hybridized carbons (Fsp3) is 0.474. The number of aromatic nitrogens is 2. The summed E-state index contributed by atoms with van der Waals surface area (Å²) in [6, 6.07) is 7.24. The van der Waals surface area contributed by atoms with Crippen molar-refractivity contribution in [3.8, 4) is 5.75 Å². The second-order valence-corrected chi connectivity index (χ2v) is 8.73. The molecule has 0 aliphatic carbocycles. The van der Waals surface area contributed by atoms with E-state index in [1.54, 1.807) is 37.5 Å². The molecule has 2 aromatic rings. The molecule has 1 aliphatic rings. The number of hydrogen-bond acceptors (Lipinski definition) is 7. The average molecular weight is 482 g/mol. The molecule has 0 radical (unpaired) electrons.